The van der Waals surface area contributed by atoms with Crippen LogP contribution in [0.1, 0.15) is 30.0 Å². The molecule has 1 unspecified atom stereocenters. The maximum atomic E-state index is 12.1. The van der Waals surface area contributed by atoms with Gasteiger partial charge in [0.25, 0.3) is 5.91 Å². The van der Waals surface area contributed by atoms with E-state index in [1.807, 2.05) is 32.9 Å². The molecule has 21 heavy (non-hydrogen) atoms. The summed E-state index contributed by atoms with van der Waals surface area (Å²) in [5.74, 6) is 0.467. The van der Waals surface area contributed by atoms with E-state index in [9.17, 15) is 4.79 Å². The van der Waals surface area contributed by atoms with E-state index in [-0.39, 0.29) is 5.91 Å². The van der Waals surface area contributed by atoms with Gasteiger partial charge in [-0.05, 0) is 50.5 Å². The number of nitrogens with zero attached hydrogens (tertiary/aromatic N) is 2. The predicted octanol–water partition coefficient (Wildman–Crippen LogP) is 3.12. The molecule has 6 heteroatoms. The first-order valence-electron chi connectivity index (χ1n) is 6.86. The Morgan fingerprint density at radius 1 is 1.29 bits per heavy atom. The van der Waals surface area contributed by atoms with Crippen LogP contribution in [0.25, 0.3) is 0 Å². The summed E-state index contributed by atoms with van der Waals surface area (Å²) in [6.07, 6.45) is 0.211. The van der Waals surface area contributed by atoms with Crippen LogP contribution in [0.2, 0.25) is 0 Å². The largest absolute Gasteiger partial charge is 0.481 e. The lowest BCUT2D eigenvalue weighted by atomic mass is 10.1. The van der Waals surface area contributed by atoms with Gasteiger partial charge < -0.3 is 4.74 Å². The number of ether oxygens (including phenoxy) is 1. The summed E-state index contributed by atoms with van der Waals surface area (Å²) in [5, 5.41) is 12.0. The van der Waals surface area contributed by atoms with Crippen molar-refractivity contribution in [1.82, 2.24) is 10.2 Å². The van der Waals surface area contributed by atoms with E-state index >= 15 is 0 Å². The van der Waals surface area contributed by atoms with Crippen molar-refractivity contribution in [2.75, 3.05) is 5.32 Å². The van der Waals surface area contributed by atoms with Crippen LogP contribution in [0.5, 0.6) is 5.75 Å². The topological polar surface area (TPSA) is 64.1 Å². The molecule has 0 radical (unpaired) electrons. The Morgan fingerprint density at radius 2 is 1.95 bits per heavy atom. The molecule has 5 nitrogen and oxygen atoms in total. The SMILES string of the molecule is CCc1nnc(NC(=O)C(C)Oc2cc(C)cc(C)c2)s1. The Labute approximate surface area is 128 Å². The molecule has 0 aliphatic rings. The van der Waals surface area contributed by atoms with Crippen LogP contribution in [0.3, 0.4) is 0 Å². The molecule has 0 bridgehead atoms. The first kappa shape index (κ1) is 15.4. The minimum atomic E-state index is -0.597. The highest BCUT2D eigenvalue weighted by Crippen LogP contribution is 2.19. The molecule has 0 aliphatic heterocycles. The molecule has 1 N–H and O–H groups in total. The average molecular weight is 305 g/mol. The van der Waals surface area contributed by atoms with Gasteiger partial charge in [-0.25, -0.2) is 0 Å². The van der Waals surface area contributed by atoms with Gasteiger partial charge in [0.05, 0.1) is 0 Å². The van der Waals surface area contributed by atoms with Crippen LogP contribution in [0, 0.1) is 13.8 Å². The minimum absolute atomic E-state index is 0.229. The fourth-order valence-corrected chi connectivity index (χ4v) is 2.60. The number of carbonyl (C=O) groups excluding carboxylic acids is 1. The molecule has 1 aromatic heterocycles. The molecule has 1 aromatic carbocycles. The molecule has 1 atom stereocenters. The molecular formula is C15H19N3O2S. The molecule has 2 aromatic rings. The van der Waals surface area contributed by atoms with Gasteiger partial charge in [-0.15, -0.1) is 10.2 Å². The summed E-state index contributed by atoms with van der Waals surface area (Å²) in [6, 6.07) is 5.89. The number of aromatic nitrogens is 2. The molecule has 2 rings (SSSR count). The number of hydrogen-bond donors (Lipinski definition) is 1. The van der Waals surface area contributed by atoms with E-state index in [0.29, 0.717) is 10.9 Å². The lowest BCUT2D eigenvalue weighted by molar-refractivity contribution is -0.122. The van der Waals surface area contributed by atoms with Crippen molar-refractivity contribution in [3.8, 4) is 5.75 Å². The number of amides is 1. The van der Waals surface area contributed by atoms with E-state index in [0.717, 1.165) is 22.6 Å². The third-order valence-electron chi connectivity index (χ3n) is 2.88. The first-order valence-corrected chi connectivity index (χ1v) is 7.67. The zero-order valence-corrected chi connectivity index (χ0v) is 13.5. The van der Waals surface area contributed by atoms with E-state index in [2.05, 4.69) is 21.6 Å². The Hall–Kier alpha value is -1.95. The molecule has 0 aliphatic carbocycles. The summed E-state index contributed by atoms with van der Waals surface area (Å²) in [5.41, 5.74) is 2.21. The van der Waals surface area contributed by atoms with E-state index in [4.69, 9.17) is 4.74 Å². The zero-order chi connectivity index (χ0) is 15.4. The molecule has 0 saturated carbocycles. The molecule has 112 valence electrons. The normalized spacial score (nSPS) is 12.0. The van der Waals surface area contributed by atoms with Crippen molar-refractivity contribution < 1.29 is 9.53 Å². The number of nitrogens with one attached hydrogen (secondary N) is 1. The molecule has 1 amide bonds. The lowest BCUT2D eigenvalue weighted by Gasteiger charge is -2.14. The molecular weight excluding hydrogens is 286 g/mol. The minimum Gasteiger partial charge on any atom is -0.481 e. The van der Waals surface area contributed by atoms with Gasteiger partial charge in [-0.1, -0.05) is 24.3 Å². The summed E-state index contributed by atoms with van der Waals surface area (Å²) in [4.78, 5) is 12.1. The zero-order valence-electron chi connectivity index (χ0n) is 12.6. The third-order valence-corrected chi connectivity index (χ3v) is 3.86. The van der Waals surface area contributed by atoms with Gasteiger partial charge in [0, 0.05) is 0 Å². The van der Waals surface area contributed by atoms with Gasteiger partial charge in [-0.3, -0.25) is 10.1 Å². The van der Waals surface area contributed by atoms with Crippen molar-refractivity contribution in [2.24, 2.45) is 0 Å². The fraction of sp³-hybridized carbons (Fsp3) is 0.400. The van der Waals surface area contributed by atoms with Crippen LogP contribution in [0.4, 0.5) is 5.13 Å². The summed E-state index contributed by atoms with van der Waals surface area (Å²) < 4.78 is 5.69. The average Bonchev–Trinajstić information content (AvgIpc) is 2.85. The Balaban J connectivity index is 1.98. The Kier molecular flexibility index (Phi) is 4.90. The number of rotatable bonds is 5. The molecule has 0 fully saturated rings. The monoisotopic (exact) mass is 305 g/mol. The lowest BCUT2D eigenvalue weighted by Crippen LogP contribution is -2.30. The highest BCUT2D eigenvalue weighted by molar-refractivity contribution is 7.15. The van der Waals surface area contributed by atoms with Crippen molar-refractivity contribution >= 4 is 22.4 Å². The van der Waals surface area contributed by atoms with E-state index < -0.39 is 6.10 Å². The quantitative estimate of drug-likeness (QED) is 0.922. The van der Waals surface area contributed by atoms with Gasteiger partial charge >= 0.3 is 0 Å². The van der Waals surface area contributed by atoms with Crippen LogP contribution in [-0.4, -0.2) is 22.2 Å². The van der Waals surface area contributed by atoms with Crippen molar-refractivity contribution in [3.05, 3.63) is 34.3 Å². The maximum Gasteiger partial charge on any atom is 0.266 e. The van der Waals surface area contributed by atoms with Crippen LogP contribution >= 0.6 is 11.3 Å². The first-order chi connectivity index (χ1) is 9.97. The van der Waals surface area contributed by atoms with E-state index in [1.165, 1.54) is 11.3 Å². The second-order valence-corrected chi connectivity index (χ2v) is 5.99. The van der Waals surface area contributed by atoms with Crippen molar-refractivity contribution in [3.63, 3.8) is 0 Å². The number of benzene rings is 1. The van der Waals surface area contributed by atoms with Crippen LogP contribution in [-0.2, 0) is 11.2 Å². The molecule has 0 saturated heterocycles. The summed E-state index contributed by atoms with van der Waals surface area (Å²) in [6.45, 7) is 7.71. The van der Waals surface area contributed by atoms with Gasteiger partial charge in [0.1, 0.15) is 10.8 Å². The smallest absolute Gasteiger partial charge is 0.266 e. The van der Waals surface area contributed by atoms with Crippen molar-refractivity contribution in [2.45, 2.75) is 40.2 Å². The van der Waals surface area contributed by atoms with Gasteiger partial charge in [0.2, 0.25) is 5.13 Å². The maximum absolute atomic E-state index is 12.1. The number of carbonyl (C=O) groups is 1. The molecule has 1 heterocycles. The second-order valence-electron chi connectivity index (χ2n) is 4.93. The molecule has 0 spiro atoms. The van der Waals surface area contributed by atoms with Crippen molar-refractivity contribution in [1.29, 1.82) is 0 Å². The van der Waals surface area contributed by atoms with Crippen LogP contribution < -0.4 is 10.1 Å². The number of aryl methyl sites for hydroxylation is 3. The van der Waals surface area contributed by atoms with Gasteiger partial charge in [0.15, 0.2) is 6.10 Å². The van der Waals surface area contributed by atoms with E-state index in [1.54, 1.807) is 6.92 Å². The predicted molar refractivity (Wildman–Crippen MR) is 83.9 cm³/mol. The standard InChI is InChI=1S/C15H19N3O2S/c1-5-13-17-18-15(21-13)16-14(19)11(4)20-12-7-9(2)6-10(3)8-12/h6-8,11H,5H2,1-4H3,(H,16,18,19). The highest BCUT2D eigenvalue weighted by Gasteiger charge is 2.17. The fourth-order valence-electron chi connectivity index (χ4n) is 1.91. The highest BCUT2D eigenvalue weighted by atomic mass is 32.1. The van der Waals surface area contributed by atoms with Crippen LogP contribution in [0.15, 0.2) is 18.2 Å². The summed E-state index contributed by atoms with van der Waals surface area (Å²) >= 11 is 1.38. The number of hydrogen-bond acceptors (Lipinski definition) is 5. The number of anilines is 1. The summed E-state index contributed by atoms with van der Waals surface area (Å²) in [7, 11) is 0. The second kappa shape index (κ2) is 6.67. The van der Waals surface area contributed by atoms with Gasteiger partial charge in [-0.2, -0.15) is 0 Å². The Morgan fingerprint density at radius 3 is 2.52 bits per heavy atom. The third kappa shape index (κ3) is 4.26. The Bertz CT molecular complexity index is 619.